The Bertz CT molecular complexity index is 1430. The Morgan fingerprint density at radius 3 is 2.08 bits per heavy atom. The second-order valence-electron chi connectivity index (χ2n) is 10.8. The summed E-state index contributed by atoms with van der Waals surface area (Å²) in [5, 5.41) is 0. The van der Waals surface area contributed by atoms with Gasteiger partial charge < -0.3 is 20.3 Å². The first-order chi connectivity index (χ1) is 19.2. The van der Waals surface area contributed by atoms with Gasteiger partial charge in [0.05, 0.1) is 22.5 Å². The molecule has 0 radical (unpaired) electrons. The predicted molar refractivity (Wildman–Crippen MR) is 153 cm³/mol. The van der Waals surface area contributed by atoms with Crippen LogP contribution < -0.4 is 10.5 Å². The molecule has 2 N–H and O–H groups in total. The van der Waals surface area contributed by atoms with Crippen molar-refractivity contribution < 1.29 is 22.3 Å². The molecule has 1 amide bonds. The van der Waals surface area contributed by atoms with Gasteiger partial charge in [-0.25, -0.2) is 12.8 Å². The smallest absolute Gasteiger partial charge is 0.255 e. The van der Waals surface area contributed by atoms with Crippen molar-refractivity contribution in [2.24, 2.45) is 5.92 Å². The Morgan fingerprint density at radius 1 is 0.900 bits per heavy atom. The number of carbonyl (C=O) groups is 1. The molecule has 2 saturated heterocycles. The summed E-state index contributed by atoms with van der Waals surface area (Å²) in [5.41, 5.74) is 7.58. The van der Waals surface area contributed by atoms with Gasteiger partial charge in [0.1, 0.15) is 11.6 Å². The van der Waals surface area contributed by atoms with Gasteiger partial charge in [-0.1, -0.05) is 12.1 Å². The Hall–Kier alpha value is -3.43. The zero-order valence-electron chi connectivity index (χ0n) is 22.8. The van der Waals surface area contributed by atoms with Gasteiger partial charge in [0.2, 0.25) is 9.84 Å². The summed E-state index contributed by atoms with van der Waals surface area (Å²) in [6.07, 6.45) is 4.96. The van der Waals surface area contributed by atoms with Gasteiger partial charge in [-0.2, -0.15) is 0 Å². The second-order valence-corrected chi connectivity index (χ2v) is 12.7. The van der Waals surface area contributed by atoms with E-state index in [0.29, 0.717) is 41.3 Å². The number of rotatable bonds is 7. The van der Waals surface area contributed by atoms with E-state index in [0.717, 1.165) is 50.8 Å². The normalized spacial score (nSPS) is 17.6. The topological polar surface area (TPSA) is 92.9 Å². The molecule has 0 aliphatic carbocycles. The molecule has 0 saturated carbocycles. The first-order valence-corrected chi connectivity index (χ1v) is 15.3. The maximum Gasteiger partial charge on any atom is 0.255 e. The molecule has 3 aromatic carbocycles. The highest BCUT2D eigenvalue weighted by Gasteiger charge is 2.30. The van der Waals surface area contributed by atoms with E-state index < -0.39 is 15.7 Å². The first-order valence-electron chi connectivity index (χ1n) is 13.8. The van der Waals surface area contributed by atoms with Crippen LogP contribution in [0.25, 0.3) is 0 Å². The van der Waals surface area contributed by atoms with Crippen LogP contribution in [0.2, 0.25) is 0 Å². The van der Waals surface area contributed by atoms with E-state index in [9.17, 15) is 17.6 Å². The number of methoxy groups -OCH3 is 1. The van der Waals surface area contributed by atoms with E-state index in [-0.39, 0.29) is 16.5 Å². The fourth-order valence-electron chi connectivity index (χ4n) is 5.88. The molecule has 0 bridgehead atoms. The van der Waals surface area contributed by atoms with Gasteiger partial charge in [-0.15, -0.1) is 0 Å². The molecule has 9 heteroatoms. The number of halogens is 1. The third-order valence-electron chi connectivity index (χ3n) is 8.29. The van der Waals surface area contributed by atoms with Crippen LogP contribution in [0.5, 0.6) is 5.75 Å². The molecule has 5 rings (SSSR count). The molecule has 2 aliphatic rings. The van der Waals surface area contributed by atoms with Crippen molar-refractivity contribution in [3.05, 3.63) is 83.7 Å². The van der Waals surface area contributed by atoms with Crippen LogP contribution in [-0.2, 0) is 16.3 Å². The van der Waals surface area contributed by atoms with Gasteiger partial charge in [0, 0.05) is 24.8 Å². The van der Waals surface area contributed by atoms with Crippen molar-refractivity contribution in [2.45, 2.75) is 47.9 Å². The maximum atomic E-state index is 13.4. The summed E-state index contributed by atoms with van der Waals surface area (Å²) in [6.45, 7) is 3.40. The Balaban J connectivity index is 1.10. The molecule has 2 heterocycles. The number of hydrogen-bond acceptors (Lipinski definition) is 6. The Kier molecular flexibility index (Phi) is 8.42. The number of benzene rings is 3. The van der Waals surface area contributed by atoms with Crippen molar-refractivity contribution in [3.8, 4) is 5.75 Å². The third kappa shape index (κ3) is 6.15. The summed E-state index contributed by atoms with van der Waals surface area (Å²) in [6, 6.07) is 18.1. The molecular formula is C31H36FN3O4S. The lowest BCUT2D eigenvalue weighted by Crippen LogP contribution is -2.49. The van der Waals surface area contributed by atoms with Crippen molar-refractivity contribution >= 4 is 21.4 Å². The van der Waals surface area contributed by atoms with E-state index in [1.165, 1.54) is 18.2 Å². The van der Waals surface area contributed by atoms with Crippen LogP contribution in [0.1, 0.15) is 41.6 Å². The summed E-state index contributed by atoms with van der Waals surface area (Å²) >= 11 is 0. The van der Waals surface area contributed by atoms with E-state index in [2.05, 4.69) is 4.90 Å². The predicted octanol–water partition coefficient (Wildman–Crippen LogP) is 4.81. The maximum absolute atomic E-state index is 13.4. The molecule has 2 aliphatic heterocycles. The van der Waals surface area contributed by atoms with Gasteiger partial charge in [-0.05, 0) is 111 Å². The number of nitrogens with two attached hydrogens (primary N) is 1. The SMILES string of the molecule is COc1ccc(S(=O)(=O)c2ccc(CC3CCN(C4CCN(C(=O)c5ccc(F)cc5N)CC4)CC3)cc2)cc1. The van der Waals surface area contributed by atoms with E-state index >= 15 is 0 Å². The van der Waals surface area contributed by atoms with Crippen LogP contribution in [0, 0.1) is 11.7 Å². The lowest BCUT2D eigenvalue weighted by Gasteiger charge is -2.42. The van der Waals surface area contributed by atoms with E-state index in [1.54, 1.807) is 43.5 Å². The summed E-state index contributed by atoms with van der Waals surface area (Å²) in [5.74, 6) is 0.611. The Morgan fingerprint density at radius 2 is 1.50 bits per heavy atom. The van der Waals surface area contributed by atoms with Crippen molar-refractivity contribution in [1.29, 1.82) is 0 Å². The molecule has 0 aromatic heterocycles. The molecule has 40 heavy (non-hydrogen) atoms. The van der Waals surface area contributed by atoms with Crippen LogP contribution in [0.3, 0.4) is 0 Å². The van der Waals surface area contributed by atoms with Crippen LogP contribution in [0.15, 0.2) is 76.5 Å². The molecule has 2 fully saturated rings. The standard InChI is InChI=1S/C31H36FN3O4S/c1-39-26-5-9-28(10-6-26)40(37,38)27-7-2-22(3-8-27)20-23-12-16-34(17-13-23)25-14-18-35(19-15-25)31(36)29-11-4-24(32)21-30(29)33/h2-11,21,23,25H,12-20,33H2,1H3. The summed E-state index contributed by atoms with van der Waals surface area (Å²) < 4.78 is 44.5. The number of ether oxygens (including phenoxy) is 1. The van der Waals surface area contributed by atoms with Gasteiger partial charge in [0.25, 0.3) is 5.91 Å². The van der Waals surface area contributed by atoms with E-state index in [1.807, 2.05) is 17.0 Å². The highest BCUT2D eigenvalue weighted by molar-refractivity contribution is 7.91. The number of likely N-dealkylation sites (tertiary alicyclic amines) is 2. The van der Waals surface area contributed by atoms with Crippen molar-refractivity contribution in [1.82, 2.24) is 9.80 Å². The highest BCUT2D eigenvalue weighted by atomic mass is 32.2. The molecular weight excluding hydrogens is 529 g/mol. The number of anilines is 1. The number of carbonyl (C=O) groups excluding carboxylic acids is 1. The zero-order valence-corrected chi connectivity index (χ0v) is 23.6. The number of amides is 1. The van der Waals surface area contributed by atoms with Crippen LogP contribution >= 0.6 is 0 Å². The van der Waals surface area contributed by atoms with Crippen molar-refractivity contribution in [3.63, 3.8) is 0 Å². The molecule has 0 unspecified atom stereocenters. The van der Waals surface area contributed by atoms with Gasteiger partial charge in [0.15, 0.2) is 0 Å². The second kappa shape index (κ2) is 12.0. The average molecular weight is 566 g/mol. The summed E-state index contributed by atoms with van der Waals surface area (Å²) in [7, 11) is -2.02. The fraction of sp³-hybridized carbons (Fsp3) is 0.387. The lowest BCUT2D eigenvalue weighted by molar-refractivity contribution is 0.0553. The highest BCUT2D eigenvalue weighted by Crippen LogP contribution is 2.29. The number of sulfone groups is 1. The zero-order chi connectivity index (χ0) is 28.3. The minimum atomic E-state index is -3.57. The third-order valence-corrected chi connectivity index (χ3v) is 10.1. The average Bonchev–Trinajstić information content (AvgIpc) is 2.98. The fourth-order valence-corrected chi connectivity index (χ4v) is 7.14. The minimum absolute atomic E-state index is 0.127. The minimum Gasteiger partial charge on any atom is -0.497 e. The number of piperidine rings is 2. The number of nitrogens with zero attached hydrogens (tertiary/aromatic N) is 2. The molecule has 0 atom stereocenters. The summed E-state index contributed by atoms with van der Waals surface area (Å²) in [4.78, 5) is 17.8. The van der Waals surface area contributed by atoms with Crippen molar-refractivity contribution in [2.75, 3.05) is 39.0 Å². The number of nitrogen functional groups attached to an aromatic ring is 1. The largest absolute Gasteiger partial charge is 0.497 e. The van der Waals surface area contributed by atoms with Gasteiger partial charge in [-0.3, -0.25) is 4.79 Å². The monoisotopic (exact) mass is 565 g/mol. The number of hydrogen-bond donors (Lipinski definition) is 1. The quantitative estimate of drug-likeness (QED) is 0.414. The molecule has 7 nitrogen and oxygen atoms in total. The van der Waals surface area contributed by atoms with Gasteiger partial charge >= 0.3 is 0 Å². The van der Waals surface area contributed by atoms with Crippen LogP contribution in [-0.4, -0.2) is 63.5 Å². The Labute approximate surface area is 235 Å². The molecule has 0 spiro atoms. The van der Waals surface area contributed by atoms with E-state index in [4.69, 9.17) is 10.5 Å². The lowest BCUT2D eigenvalue weighted by atomic mass is 9.88. The molecule has 212 valence electrons. The molecule has 3 aromatic rings. The van der Waals surface area contributed by atoms with Crippen LogP contribution in [0.4, 0.5) is 10.1 Å². The first kappa shape index (κ1) is 28.1.